The molecule has 0 spiro atoms. The molecule has 22 nitrogen and oxygen atoms in total. The molecule has 0 radical (unpaired) electrons. The number of fused-ring (bicyclic) bond motifs is 2. The summed E-state index contributed by atoms with van der Waals surface area (Å²) >= 11 is 6.35. The van der Waals surface area contributed by atoms with Crippen molar-refractivity contribution in [3.05, 3.63) is 109 Å². The molecule has 0 saturated carbocycles. The number of hydrogen-bond donors (Lipinski definition) is 3. The van der Waals surface area contributed by atoms with Gasteiger partial charge >= 0.3 is 18.0 Å². The number of esters is 2. The van der Waals surface area contributed by atoms with Crippen molar-refractivity contribution in [3.8, 4) is 35.2 Å². The van der Waals surface area contributed by atoms with Gasteiger partial charge in [0, 0.05) is 42.8 Å². The minimum absolute atomic E-state index is 0.000993. The smallest absolute Gasteiger partial charge is 0.407 e. The van der Waals surface area contributed by atoms with E-state index in [2.05, 4.69) is 44.3 Å². The average Bonchev–Trinajstić information content (AvgIpc) is 4.18. The lowest BCUT2D eigenvalue weighted by Crippen LogP contribution is -2.47. The molecule has 8 rings (SSSR count). The van der Waals surface area contributed by atoms with Crippen LogP contribution in [0.25, 0.3) is 22.1 Å². The van der Waals surface area contributed by atoms with E-state index in [9.17, 15) is 33.6 Å². The summed E-state index contributed by atoms with van der Waals surface area (Å²) in [6, 6.07) is 13.5. The van der Waals surface area contributed by atoms with E-state index in [1.54, 1.807) is 66.9 Å². The zero-order valence-corrected chi connectivity index (χ0v) is 47.2. The van der Waals surface area contributed by atoms with Gasteiger partial charge < -0.3 is 54.1 Å². The molecular formula is C57H67ClN10O12. The van der Waals surface area contributed by atoms with Crippen molar-refractivity contribution in [3.63, 3.8) is 0 Å². The molecule has 2 aliphatic rings. The first kappa shape index (κ1) is 60.8. The predicted octanol–water partition coefficient (Wildman–Crippen LogP) is 5.64. The molecule has 2 aromatic carbocycles. The Morgan fingerprint density at radius 2 is 1.29 bits per heavy atom. The summed E-state index contributed by atoms with van der Waals surface area (Å²) < 4.78 is 30.8. The third-order valence-corrected chi connectivity index (χ3v) is 13.2. The van der Waals surface area contributed by atoms with Gasteiger partial charge in [0.1, 0.15) is 61.3 Å². The number of Topliss-reactive ketones (excluding diaryl/α,β-unsaturated/α-hetero) is 2. The van der Waals surface area contributed by atoms with Crippen molar-refractivity contribution in [1.82, 2.24) is 38.9 Å². The highest BCUT2D eigenvalue weighted by Crippen LogP contribution is 2.33. The van der Waals surface area contributed by atoms with E-state index < -0.39 is 28.7 Å². The molecule has 0 bridgehead atoms. The van der Waals surface area contributed by atoms with Crippen LogP contribution in [0, 0.1) is 23.7 Å². The number of hydrogen-bond acceptors (Lipinski definition) is 17. The topological polar surface area (TPSA) is 264 Å². The van der Waals surface area contributed by atoms with E-state index >= 15 is 0 Å². The highest BCUT2D eigenvalue weighted by atomic mass is 35.5. The lowest BCUT2D eigenvalue weighted by molar-refractivity contribution is 0.0495. The van der Waals surface area contributed by atoms with Crippen molar-refractivity contribution in [2.75, 3.05) is 59.5 Å². The molecule has 2 aliphatic heterocycles. The van der Waals surface area contributed by atoms with Gasteiger partial charge in [-0.25, -0.2) is 24.4 Å². The maximum atomic E-state index is 13.7. The lowest BCUT2D eigenvalue weighted by atomic mass is 10.1. The average molecular weight is 1120 g/mol. The van der Waals surface area contributed by atoms with Gasteiger partial charge in [-0.15, -0.1) is 11.8 Å². The fraction of sp³-hybridized carbons (Fsp3) is 0.421. The maximum Gasteiger partial charge on any atom is 0.407 e. The number of benzene rings is 2. The lowest BCUT2D eigenvalue weighted by Gasteiger charge is -2.33. The maximum absolute atomic E-state index is 13.7. The molecular weight excluding hydrogens is 1050 g/mol. The number of piperidine rings is 2. The van der Waals surface area contributed by atoms with E-state index in [-0.39, 0.29) is 94.3 Å². The molecule has 80 heavy (non-hydrogen) atoms. The van der Waals surface area contributed by atoms with E-state index in [1.165, 1.54) is 50.2 Å². The number of nitrogens with zero attached hydrogens (tertiary/aromatic N) is 7. The number of alkyl carbamates (subject to hydrolysis) is 1. The number of nitrogens with two attached hydrogens (primary N) is 1. The van der Waals surface area contributed by atoms with Gasteiger partial charge in [0.05, 0.1) is 67.3 Å². The Morgan fingerprint density at radius 1 is 0.762 bits per heavy atom. The second-order valence-corrected chi connectivity index (χ2v) is 19.8. The Morgan fingerprint density at radius 3 is 1.77 bits per heavy atom. The van der Waals surface area contributed by atoms with E-state index in [0.717, 1.165) is 43.3 Å². The van der Waals surface area contributed by atoms with Crippen LogP contribution in [0.15, 0.2) is 70.8 Å². The molecule has 2 atom stereocenters. The van der Waals surface area contributed by atoms with Gasteiger partial charge in [0.25, 0.3) is 11.1 Å². The van der Waals surface area contributed by atoms with Crippen LogP contribution in [-0.4, -0.2) is 130 Å². The second-order valence-electron chi connectivity index (χ2n) is 19.5. The number of anilines is 1. The van der Waals surface area contributed by atoms with Crippen molar-refractivity contribution >= 4 is 69.1 Å². The summed E-state index contributed by atoms with van der Waals surface area (Å²) in [6.45, 7) is 11.8. The fourth-order valence-corrected chi connectivity index (χ4v) is 9.28. The van der Waals surface area contributed by atoms with Crippen LogP contribution < -0.4 is 41.9 Å². The number of carbonyl (C=O) groups excluding carboxylic acids is 5. The predicted molar refractivity (Wildman–Crippen MR) is 302 cm³/mol. The highest BCUT2D eigenvalue weighted by Gasteiger charge is 2.33. The SMILES string of the molecule is CC#CCn1c(Cl)c(C(=O)OC)c2ncn(CC(=O)c3cccc(OC)c3)c(=O)c21.CC#CCn1c(N2CCC[C@@H](N)C2)c(C(=O)OC)c2ncn(CC(=O)c3cccc(OC)c3)c(=O)c21.CC(C)(C)OC(=O)N[C@@H]1CCCNC1. The fourth-order valence-electron chi connectivity index (χ4n) is 8.97. The normalized spacial score (nSPS) is 14.8. The quantitative estimate of drug-likeness (QED) is 0.0515. The molecule has 4 N–H and O–H groups in total. The van der Waals surface area contributed by atoms with Crippen molar-refractivity contribution in [2.45, 2.75) is 104 Å². The van der Waals surface area contributed by atoms with Gasteiger partial charge in [0.2, 0.25) is 0 Å². The standard InChI is InChI=1S/C26H29N5O5.C21H18ClN3O5.C10H20N2O2/c1-4-5-12-31-23-22(21(26(34)36-3)24(31)29-11-7-9-18(27)14-29)28-16-30(25(23)33)15-20(32)17-8-6-10-19(13-17)35-2;1-4-5-9-25-18-17(16(19(25)22)21(28)30-3)23-12-24(20(18)27)11-15(26)13-7-6-8-14(10-13)29-2;1-10(2,3)14-9(13)12-8-5-4-6-11-7-8/h6,8,10,13,16,18H,7,9,11-12,14-15,27H2,1-3H3;6-8,10,12H,9,11H2,1-3H3;8,11H,4-7H2,1-3H3,(H,12,13)/t18-;;8-/m1.1/s1. The minimum Gasteiger partial charge on any atom is -0.497 e. The largest absolute Gasteiger partial charge is 0.497 e. The third kappa shape index (κ3) is 14.8. The van der Waals surface area contributed by atoms with Crippen LogP contribution in [0.5, 0.6) is 11.5 Å². The van der Waals surface area contributed by atoms with Crippen molar-refractivity contribution in [2.24, 2.45) is 5.73 Å². The molecule has 23 heteroatoms. The van der Waals surface area contributed by atoms with Crippen LogP contribution in [-0.2, 0) is 40.4 Å². The Kier molecular flexibility index (Phi) is 21.2. The van der Waals surface area contributed by atoms with Crippen molar-refractivity contribution in [1.29, 1.82) is 0 Å². The summed E-state index contributed by atoms with van der Waals surface area (Å²) in [5, 5.41) is 6.09. The molecule has 6 aromatic rings. The molecule has 4 aromatic heterocycles. The molecule has 2 saturated heterocycles. The van der Waals surface area contributed by atoms with Gasteiger partial charge in [-0.3, -0.25) is 28.3 Å². The first-order valence-corrected chi connectivity index (χ1v) is 26.1. The van der Waals surface area contributed by atoms with Crippen LogP contribution >= 0.6 is 11.6 Å². The first-order chi connectivity index (χ1) is 38.3. The van der Waals surface area contributed by atoms with Gasteiger partial charge in [-0.05, 0) is 91.1 Å². The van der Waals surface area contributed by atoms with Crippen LogP contribution in [0.2, 0.25) is 5.15 Å². The van der Waals surface area contributed by atoms with Crippen LogP contribution in [0.4, 0.5) is 10.6 Å². The van der Waals surface area contributed by atoms with Gasteiger partial charge in [-0.1, -0.05) is 47.7 Å². The summed E-state index contributed by atoms with van der Waals surface area (Å²) in [6.07, 6.45) is 6.04. The molecule has 1 amide bonds. The summed E-state index contributed by atoms with van der Waals surface area (Å²) in [5.74, 6) is 11.0. The minimum atomic E-state index is -0.717. The molecule has 0 aliphatic carbocycles. The Balaban J connectivity index is 0.000000211. The van der Waals surface area contributed by atoms with Crippen molar-refractivity contribution < 1.29 is 47.7 Å². The molecule has 2 fully saturated rings. The Bertz CT molecular complexity index is 3510. The van der Waals surface area contributed by atoms with Crippen LogP contribution in [0.1, 0.15) is 102 Å². The molecule has 0 unspecified atom stereocenters. The second kappa shape index (κ2) is 27.9. The number of methoxy groups -OCH3 is 4. The highest BCUT2D eigenvalue weighted by molar-refractivity contribution is 6.35. The number of nitrogens with one attached hydrogen (secondary N) is 2. The number of amides is 1. The number of ether oxygens (including phenoxy) is 5. The zero-order chi connectivity index (χ0) is 58.3. The number of ketones is 2. The number of carbonyl (C=O) groups is 5. The summed E-state index contributed by atoms with van der Waals surface area (Å²) in [5.41, 5.74) is 6.39. The Hall–Kier alpha value is -8.44. The Labute approximate surface area is 467 Å². The number of halogens is 1. The van der Waals surface area contributed by atoms with E-state index in [4.69, 9.17) is 41.0 Å². The first-order valence-electron chi connectivity index (χ1n) is 25.7. The number of rotatable bonds is 14. The third-order valence-electron chi connectivity index (χ3n) is 12.8. The van der Waals surface area contributed by atoms with E-state index in [1.807, 2.05) is 25.7 Å². The summed E-state index contributed by atoms with van der Waals surface area (Å²) in [4.78, 5) is 99.6. The summed E-state index contributed by atoms with van der Waals surface area (Å²) in [7, 11) is 5.52. The van der Waals surface area contributed by atoms with E-state index in [0.29, 0.717) is 41.5 Å². The molecule has 424 valence electrons. The monoisotopic (exact) mass is 1120 g/mol. The number of aromatic nitrogens is 6. The van der Waals surface area contributed by atoms with Gasteiger partial charge in [0.15, 0.2) is 11.6 Å². The zero-order valence-electron chi connectivity index (χ0n) is 46.4. The molecule has 6 heterocycles. The van der Waals surface area contributed by atoms with Gasteiger partial charge in [-0.2, -0.15) is 0 Å². The van der Waals surface area contributed by atoms with Crippen LogP contribution in [0.3, 0.4) is 0 Å².